The summed E-state index contributed by atoms with van der Waals surface area (Å²) in [5.41, 5.74) is 4.45. The molecule has 0 radical (unpaired) electrons. The number of urea groups is 1. The molecule has 0 spiro atoms. The molecule has 1 aliphatic rings. The van der Waals surface area contributed by atoms with Crippen LogP contribution in [0, 0.1) is 13.8 Å². The molecule has 0 atom stereocenters. The van der Waals surface area contributed by atoms with E-state index in [1.54, 1.807) is 24.3 Å². The summed E-state index contributed by atoms with van der Waals surface area (Å²) in [4.78, 5) is 26.4. The van der Waals surface area contributed by atoms with E-state index >= 15 is 0 Å². The van der Waals surface area contributed by atoms with Crippen LogP contribution >= 0.6 is 0 Å². The van der Waals surface area contributed by atoms with Crippen molar-refractivity contribution in [3.05, 3.63) is 46.8 Å². The lowest BCUT2D eigenvalue weighted by atomic mass is 10.1. The van der Waals surface area contributed by atoms with Gasteiger partial charge < -0.3 is 15.5 Å². The summed E-state index contributed by atoms with van der Waals surface area (Å²) >= 11 is 0. The first kappa shape index (κ1) is 18.9. The fourth-order valence-corrected chi connectivity index (χ4v) is 3.39. The standard InChI is InChI=1S/C20H27N5O2/c1-14-18(15(2)24-23-14)10-11-21-20(27)22-17-8-6-16(7-9-17)19(26)25-12-4-3-5-13-25/h6-9H,3-5,10-13H2,1-2H3,(H,23,24)(H2,21,22,27). The highest BCUT2D eigenvalue weighted by molar-refractivity contribution is 5.95. The van der Waals surface area contributed by atoms with Crippen LogP contribution in [0.5, 0.6) is 0 Å². The smallest absolute Gasteiger partial charge is 0.319 e. The van der Waals surface area contributed by atoms with Crippen LogP contribution in [0.2, 0.25) is 0 Å². The van der Waals surface area contributed by atoms with E-state index in [-0.39, 0.29) is 11.9 Å². The number of carbonyl (C=O) groups is 2. The van der Waals surface area contributed by atoms with E-state index in [1.807, 2.05) is 18.7 Å². The lowest BCUT2D eigenvalue weighted by molar-refractivity contribution is 0.0724. The van der Waals surface area contributed by atoms with Gasteiger partial charge in [0.2, 0.25) is 0 Å². The molecule has 3 N–H and O–H groups in total. The Hall–Kier alpha value is -2.83. The van der Waals surface area contributed by atoms with Gasteiger partial charge in [-0.1, -0.05) is 0 Å². The van der Waals surface area contributed by atoms with Crippen LogP contribution < -0.4 is 10.6 Å². The monoisotopic (exact) mass is 369 g/mol. The van der Waals surface area contributed by atoms with Crippen molar-refractivity contribution in [2.45, 2.75) is 39.5 Å². The Balaban J connectivity index is 1.47. The van der Waals surface area contributed by atoms with Gasteiger partial charge in [0, 0.05) is 36.6 Å². The quantitative estimate of drug-likeness (QED) is 0.757. The van der Waals surface area contributed by atoms with Crippen molar-refractivity contribution in [2.75, 3.05) is 25.0 Å². The van der Waals surface area contributed by atoms with Gasteiger partial charge >= 0.3 is 6.03 Å². The highest BCUT2D eigenvalue weighted by Gasteiger charge is 2.18. The van der Waals surface area contributed by atoms with E-state index in [9.17, 15) is 9.59 Å². The first-order valence-corrected chi connectivity index (χ1v) is 9.49. The van der Waals surface area contributed by atoms with Crippen molar-refractivity contribution in [2.24, 2.45) is 0 Å². The van der Waals surface area contributed by atoms with E-state index in [0.29, 0.717) is 17.8 Å². The van der Waals surface area contributed by atoms with Gasteiger partial charge in [-0.25, -0.2) is 4.79 Å². The van der Waals surface area contributed by atoms with Crippen LogP contribution in [0.15, 0.2) is 24.3 Å². The highest BCUT2D eigenvalue weighted by atomic mass is 16.2. The van der Waals surface area contributed by atoms with E-state index in [2.05, 4.69) is 20.8 Å². The molecule has 7 nitrogen and oxygen atoms in total. The molecular weight excluding hydrogens is 342 g/mol. The van der Waals surface area contributed by atoms with Gasteiger partial charge in [-0.2, -0.15) is 5.10 Å². The third-order valence-electron chi connectivity index (χ3n) is 4.97. The van der Waals surface area contributed by atoms with Crippen molar-refractivity contribution < 1.29 is 9.59 Å². The number of aromatic nitrogens is 2. The number of aromatic amines is 1. The molecule has 144 valence electrons. The summed E-state index contributed by atoms with van der Waals surface area (Å²) in [7, 11) is 0. The van der Waals surface area contributed by atoms with Gasteiger partial charge in [-0.3, -0.25) is 9.89 Å². The van der Waals surface area contributed by atoms with E-state index in [0.717, 1.165) is 49.3 Å². The lowest BCUT2D eigenvalue weighted by Crippen LogP contribution is -2.35. The fourth-order valence-electron chi connectivity index (χ4n) is 3.39. The lowest BCUT2D eigenvalue weighted by Gasteiger charge is -2.26. The SMILES string of the molecule is Cc1n[nH]c(C)c1CCNC(=O)Nc1ccc(C(=O)N2CCCCC2)cc1. The van der Waals surface area contributed by atoms with Gasteiger partial charge in [0.05, 0.1) is 5.69 Å². The Bertz CT molecular complexity index is 772. The molecule has 3 amide bonds. The van der Waals surface area contributed by atoms with Gasteiger partial charge in [0.25, 0.3) is 5.91 Å². The summed E-state index contributed by atoms with van der Waals surface area (Å²) < 4.78 is 0. The predicted octanol–water partition coefficient (Wildman–Crippen LogP) is 3.02. The number of nitrogens with zero attached hydrogens (tertiary/aromatic N) is 2. The molecular formula is C20H27N5O2. The molecule has 27 heavy (non-hydrogen) atoms. The molecule has 1 aromatic carbocycles. The Kier molecular flexibility index (Phi) is 6.11. The van der Waals surface area contributed by atoms with Crippen molar-refractivity contribution >= 4 is 17.6 Å². The van der Waals surface area contributed by atoms with E-state index < -0.39 is 0 Å². The van der Waals surface area contributed by atoms with Gasteiger partial charge in [-0.15, -0.1) is 0 Å². The molecule has 0 saturated carbocycles. The predicted molar refractivity (Wildman–Crippen MR) is 105 cm³/mol. The number of hydrogen-bond acceptors (Lipinski definition) is 3. The van der Waals surface area contributed by atoms with E-state index in [1.165, 1.54) is 6.42 Å². The number of benzene rings is 1. The van der Waals surface area contributed by atoms with Crippen molar-refractivity contribution in [1.29, 1.82) is 0 Å². The summed E-state index contributed by atoms with van der Waals surface area (Å²) in [5.74, 6) is 0.0663. The number of amides is 3. The Morgan fingerprint density at radius 2 is 1.81 bits per heavy atom. The maximum absolute atomic E-state index is 12.5. The first-order chi connectivity index (χ1) is 13.0. The number of aryl methyl sites for hydroxylation is 2. The minimum atomic E-state index is -0.260. The summed E-state index contributed by atoms with van der Waals surface area (Å²) in [5, 5.41) is 12.7. The number of likely N-dealkylation sites (tertiary alicyclic amines) is 1. The van der Waals surface area contributed by atoms with Crippen LogP contribution in [0.4, 0.5) is 10.5 Å². The molecule has 0 aliphatic carbocycles. The second-order valence-electron chi connectivity index (χ2n) is 6.97. The number of piperidine rings is 1. The van der Waals surface area contributed by atoms with Crippen LogP contribution in [0.1, 0.15) is 46.6 Å². The molecule has 0 bridgehead atoms. The minimum absolute atomic E-state index is 0.0663. The number of carbonyl (C=O) groups excluding carboxylic acids is 2. The van der Waals surface area contributed by atoms with Gasteiger partial charge in [0.1, 0.15) is 0 Å². The molecule has 2 heterocycles. The zero-order valence-electron chi connectivity index (χ0n) is 16.0. The van der Waals surface area contributed by atoms with Crippen molar-refractivity contribution in [3.8, 4) is 0 Å². The highest BCUT2D eigenvalue weighted by Crippen LogP contribution is 2.15. The van der Waals surface area contributed by atoms with E-state index in [4.69, 9.17) is 0 Å². The van der Waals surface area contributed by atoms with Gasteiger partial charge in [-0.05, 0) is 69.4 Å². The van der Waals surface area contributed by atoms with Crippen LogP contribution in [-0.4, -0.2) is 46.7 Å². The zero-order chi connectivity index (χ0) is 19.2. The van der Waals surface area contributed by atoms with Gasteiger partial charge in [0.15, 0.2) is 0 Å². The number of anilines is 1. The first-order valence-electron chi connectivity index (χ1n) is 9.49. The normalized spacial score (nSPS) is 14.1. The number of H-pyrrole nitrogens is 1. The van der Waals surface area contributed by atoms with Crippen LogP contribution in [0.25, 0.3) is 0 Å². The number of nitrogens with one attached hydrogen (secondary N) is 3. The molecule has 1 fully saturated rings. The largest absolute Gasteiger partial charge is 0.339 e. The number of rotatable bonds is 5. The van der Waals surface area contributed by atoms with Crippen LogP contribution in [0.3, 0.4) is 0 Å². The average Bonchev–Trinajstić information content (AvgIpc) is 3.01. The fraction of sp³-hybridized carbons (Fsp3) is 0.450. The molecule has 7 heteroatoms. The third-order valence-corrected chi connectivity index (χ3v) is 4.97. The van der Waals surface area contributed by atoms with Crippen molar-refractivity contribution in [1.82, 2.24) is 20.4 Å². The average molecular weight is 369 g/mol. The zero-order valence-corrected chi connectivity index (χ0v) is 16.0. The summed E-state index contributed by atoms with van der Waals surface area (Å²) in [6, 6.07) is 6.81. The third kappa shape index (κ3) is 4.87. The topological polar surface area (TPSA) is 90.1 Å². The summed E-state index contributed by atoms with van der Waals surface area (Å²) in [6.07, 6.45) is 4.07. The maximum Gasteiger partial charge on any atom is 0.319 e. The minimum Gasteiger partial charge on any atom is -0.339 e. The maximum atomic E-state index is 12.5. The second-order valence-corrected chi connectivity index (χ2v) is 6.97. The second kappa shape index (κ2) is 8.70. The number of hydrogen-bond donors (Lipinski definition) is 3. The van der Waals surface area contributed by atoms with Crippen LogP contribution in [-0.2, 0) is 6.42 Å². The molecule has 2 aromatic rings. The molecule has 1 aromatic heterocycles. The Morgan fingerprint density at radius 3 is 2.44 bits per heavy atom. The Labute approximate surface area is 159 Å². The molecule has 1 aliphatic heterocycles. The van der Waals surface area contributed by atoms with Crippen molar-refractivity contribution in [3.63, 3.8) is 0 Å². The molecule has 1 saturated heterocycles. The molecule has 3 rings (SSSR count). The summed E-state index contributed by atoms with van der Waals surface area (Å²) in [6.45, 7) is 6.11. The molecule has 0 unspecified atom stereocenters. The Morgan fingerprint density at radius 1 is 1.11 bits per heavy atom.